The molecule has 2 heterocycles. The van der Waals surface area contributed by atoms with Crippen LogP contribution in [0.1, 0.15) is 19.3 Å². The van der Waals surface area contributed by atoms with E-state index in [1.54, 1.807) is 30.2 Å². The minimum Gasteiger partial charge on any atom is -0.495 e. The third-order valence-corrected chi connectivity index (χ3v) is 5.62. The molecule has 0 bridgehead atoms. The zero-order valence-corrected chi connectivity index (χ0v) is 15.7. The molecule has 0 fully saturated rings. The van der Waals surface area contributed by atoms with Crippen LogP contribution in [0.2, 0.25) is 0 Å². The number of aliphatic hydroxyl groups excluding tert-OH is 1. The largest absolute Gasteiger partial charge is 0.495 e. The molecular weight excluding hydrogens is 354 g/mol. The Balaban J connectivity index is 1.93. The summed E-state index contributed by atoms with van der Waals surface area (Å²) in [6.45, 7) is 0.255. The van der Waals surface area contributed by atoms with Crippen LogP contribution in [0.4, 0.5) is 0 Å². The van der Waals surface area contributed by atoms with E-state index in [0.29, 0.717) is 0 Å². The SMILES string of the molecule is COc1ccccc1-n1c(SCCCCCO)nnc1-c1cccs1. The number of ether oxygens (including phenoxy) is 1. The normalized spacial score (nSPS) is 11.0. The standard InChI is InChI=1S/C18H21N3O2S2/c1-23-15-9-4-3-8-14(15)21-17(16-10-7-13-24-16)19-20-18(21)25-12-6-2-5-11-22/h3-4,7-10,13,22H,2,5-6,11-12H2,1H3. The highest BCUT2D eigenvalue weighted by atomic mass is 32.2. The molecule has 0 aliphatic carbocycles. The number of methoxy groups -OCH3 is 1. The van der Waals surface area contributed by atoms with E-state index in [4.69, 9.17) is 9.84 Å². The van der Waals surface area contributed by atoms with Crippen molar-refractivity contribution in [3.63, 3.8) is 0 Å². The highest BCUT2D eigenvalue weighted by Gasteiger charge is 2.19. The Hall–Kier alpha value is -1.83. The summed E-state index contributed by atoms with van der Waals surface area (Å²) in [6, 6.07) is 12.0. The van der Waals surface area contributed by atoms with E-state index < -0.39 is 0 Å². The third kappa shape index (κ3) is 4.23. The summed E-state index contributed by atoms with van der Waals surface area (Å²) in [5, 5.41) is 20.6. The Kier molecular flexibility index (Phi) is 6.49. The maximum absolute atomic E-state index is 8.90. The van der Waals surface area contributed by atoms with Gasteiger partial charge in [-0.1, -0.05) is 36.4 Å². The van der Waals surface area contributed by atoms with Gasteiger partial charge in [-0.05, 0) is 36.4 Å². The maximum atomic E-state index is 8.90. The fourth-order valence-electron chi connectivity index (χ4n) is 2.51. The quantitative estimate of drug-likeness (QED) is 0.447. The average molecular weight is 376 g/mol. The van der Waals surface area contributed by atoms with Crippen LogP contribution in [0.3, 0.4) is 0 Å². The van der Waals surface area contributed by atoms with Gasteiger partial charge in [-0.3, -0.25) is 4.57 Å². The Morgan fingerprint density at radius 1 is 1.12 bits per heavy atom. The van der Waals surface area contributed by atoms with E-state index in [1.165, 1.54) is 0 Å². The predicted molar refractivity (Wildman–Crippen MR) is 103 cm³/mol. The number of rotatable bonds is 9. The predicted octanol–water partition coefficient (Wildman–Crippen LogP) is 4.26. The van der Waals surface area contributed by atoms with Crippen molar-refractivity contribution >= 4 is 23.1 Å². The first-order chi connectivity index (χ1) is 12.3. The van der Waals surface area contributed by atoms with Gasteiger partial charge in [0.15, 0.2) is 11.0 Å². The summed E-state index contributed by atoms with van der Waals surface area (Å²) in [4.78, 5) is 1.07. The van der Waals surface area contributed by atoms with Gasteiger partial charge < -0.3 is 9.84 Å². The second kappa shape index (κ2) is 9.03. The summed E-state index contributed by atoms with van der Waals surface area (Å²) in [6.07, 6.45) is 2.91. The van der Waals surface area contributed by atoms with Crippen molar-refractivity contribution in [1.29, 1.82) is 0 Å². The Morgan fingerprint density at radius 2 is 2.00 bits per heavy atom. The highest BCUT2D eigenvalue weighted by Crippen LogP contribution is 2.34. The molecule has 0 saturated carbocycles. The molecule has 7 heteroatoms. The topological polar surface area (TPSA) is 60.2 Å². The van der Waals surface area contributed by atoms with E-state index >= 15 is 0 Å². The first-order valence-corrected chi connectivity index (χ1v) is 10.1. The lowest BCUT2D eigenvalue weighted by Gasteiger charge is -2.13. The van der Waals surface area contributed by atoms with Gasteiger partial charge in [-0.2, -0.15) is 0 Å². The van der Waals surface area contributed by atoms with Gasteiger partial charge in [0.2, 0.25) is 0 Å². The average Bonchev–Trinajstić information content (AvgIpc) is 3.31. The zero-order chi connectivity index (χ0) is 17.5. The zero-order valence-electron chi connectivity index (χ0n) is 14.1. The Bertz CT molecular complexity index is 787. The van der Waals surface area contributed by atoms with E-state index in [2.05, 4.69) is 20.8 Å². The minimum absolute atomic E-state index is 0.255. The molecule has 0 aliphatic heterocycles. The first-order valence-electron chi connectivity index (χ1n) is 8.21. The molecule has 0 unspecified atom stereocenters. The summed E-state index contributed by atoms with van der Waals surface area (Å²) in [7, 11) is 1.68. The second-order valence-corrected chi connectivity index (χ2v) is 7.43. The molecule has 2 aromatic heterocycles. The monoisotopic (exact) mass is 375 g/mol. The minimum atomic E-state index is 0.255. The van der Waals surface area contributed by atoms with Gasteiger partial charge in [-0.15, -0.1) is 21.5 Å². The Morgan fingerprint density at radius 3 is 2.76 bits per heavy atom. The van der Waals surface area contributed by atoms with Crippen molar-refractivity contribution in [1.82, 2.24) is 14.8 Å². The molecule has 5 nitrogen and oxygen atoms in total. The number of aliphatic hydroxyl groups is 1. The number of aromatic nitrogens is 3. The molecule has 25 heavy (non-hydrogen) atoms. The fraction of sp³-hybridized carbons (Fsp3) is 0.333. The molecule has 0 saturated heterocycles. The third-order valence-electron chi connectivity index (χ3n) is 3.73. The van der Waals surface area contributed by atoms with E-state index in [9.17, 15) is 0 Å². The molecule has 0 radical (unpaired) electrons. The lowest BCUT2D eigenvalue weighted by Crippen LogP contribution is -2.02. The molecule has 0 amide bonds. The summed E-state index contributed by atoms with van der Waals surface area (Å²) < 4.78 is 7.61. The van der Waals surface area contributed by atoms with Crippen LogP contribution in [0, 0.1) is 0 Å². The van der Waals surface area contributed by atoms with Gasteiger partial charge >= 0.3 is 0 Å². The number of hydrogen-bond donors (Lipinski definition) is 1. The van der Waals surface area contributed by atoms with E-state index in [0.717, 1.165) is 52.3 Å². The number of para-hydroxylation sites is 2. The van der Waals surface area contributed by atoms with Crippen LogP contribution >= 0.6 is 23.1 Å². The van der Waals surface area contributed by atoms with E-state index in [-0.39, 0.29) is 6.61 Å². The number of benzene rings is 1. The maximum Gasteiger partial charge on any atom is 0.196 e. The van der Waals surface area contributed by atoms with Gasteiger partial charge in [0.1, 0.15) is 5.75 Å². The first kappa shape index (κ1) is 18.0. The van der Waals surface area contributed by atoms with Gasteiger partial charge in [-0.25, -0.2) is 0 Å². The van der Waals surface area contributed by atoms with Crippen molar-refractivity contribution < 1.29 is 9.84 Å². The fourth-order valence-corrected chi connectivity index (χ4v) is 4.16. The summed E-state index contributed by atoms with van der Waals surface area (Å²) >= 11 is 3.33. The molecule has 132 valence electrons. The van der Waals surface area contributed by atoms with Crippen molar-refractivity contribution in [2.45, 2.75) is 24.4 Å². The van der Waals surface area contributed by atoms with Crippen molar-refractivity contribution in [2.75, 3.05) is 19.5 Å². The number of unbranched alkanes of at least 4 members (excludes halogenated alkanes) is 2. The molecule has 1 N–H and O–H groups in total. The lowest BCUT2D eigenvalue weighted by molar-refractivity contribution is 0.284. The van der Waals surface area contributed by atoms with Gasteiger partial charge in [0.25, 0.3) is 0 Å². The molecule has 1 aromatic carbocycles. The number of hydrogen-bond acceptors (Lipinski definition) is 6. The molecule has 0 aliphatic rings. The number of nitrogens with zero attached hydrogens (tertiary/aromatic N) is 3. The molecule has 3 rings (SSSR count). The Labute approximate surface area is 155 Å². The van der Waals surface area contributed by atoms with Crippen LogP contribution < -0.4 is 4.74 Å². The smallest absolute Gasteiger partial charge is 0.196 e. The van der Waals surface area contributed by atoms with Crippen molar-refractivity contribution in [2.24, 2.45) is 0 Å². The molecule has 3 aromatic rings. The number of thiophene rings is 1. The van der Waals surface area contributed by atoms with Gasteiger partial charge in [0, 0.05) is 12.4 Å². The van der Waals surface area contributed by atoms with Crippen molar-refractivity contribution in [3.05, 3.63) is 41.8 Å². The van der Waals surface area contributed by atoms with Crippen LogP contribution in [-0.2, 0) is 0 Å². The summed E-state index contributed by atoms with van der Waals surface area (Å²) in [5.74, 6) is 2.57. The van der Waals surface area contributed by atoms with Gasteiger partial charge in [0.05, 0.1) is 17.7 Å². The van der Waals surface area contributed by atoms with Crippen molar-refractivity contribution in [3.8, 4) is 22.1 Å². The second-order valence-electron chi connectivity index (χ2n) is 5.42. The van der Waals surface area contributed by atoms with Crippen LogP contribution in [0.5, 0.6) is 5.75 Å². The van der Waals surface area contributed by atoms with E-state index in [1.807, 2.05) is 35.7 Å². The van der Waals surface area contributed by atoms with Crippen LogP contribution in [-0.4, -0.2) is 39.3 Å². The highest BCUT2D eigenvalue weighted by molar-refractivity contribution is 7.99. The lowest BCUT2D eigenvalue weighted by atomic mass is 10.3. The molecular formula is C18H21N3O2S2. The van der Waals surface area contributed by atoms with Crippen LogP contribution in [0.15, 0.2) is 46.9 Å². The molecule has 0 spiro atoms. The molecule has 0 atom stereocenters. The number of thioether (sulfide) groups is 1. The summed E-state index contributed by atoms with van der Waals surface area (Å²) in [5.41, 5.74) is 0.941. The van der Waals surface area contributed by atoms with Crippen LogP contribution in [0.25, 0.3) is 16.4 Å².